The molecule has 4 aromatic carbocycles. The van der Waals surface area contributed by atoms with Crippen LogP contribution in [0.3, 0.4) is 0 Å². The largest absolute Gasteiger partial charge is 0.493 e. The predicted molar refractivity (Wildman–Crippen MR) is 189 cm³/mol. The van der Waals surface area contributed by atoms with Crippen molar-refractivity contribution in [2.24, 2.45) is 0 Å². The highest BCUT2D eigenvalue weighted by molar-refractivity contribution is 6.08. The first kappa shape index (κ1) is 31.2. The fraction of sp³-hybridized carbons (Fsp3) is 0.128. The summed E-state index contributed by atoms with van der Waals surface area (Å²) in [5, 5.41) is 7.80. The molecule has 49 heavy (non-hydrogen) atoms. The number of amides is 1. The van der Waals surface area contributed by atoms with Gasteiger partial charge in [-0.3, -0.25) is 18.6 Å². The summed E-state index contributed by atoms with van der Waals surface area (Å²) in [5.41, 5.74) is 5.48. The molecular weight excluding hydrogens is 616 g/mol. The molecular formula is C39H34N6O4. The maximum atomic E-state index is 14.0. The average molecular weight is 651 g/mol. The molecule has 0 aliphatic heterocycles. The second-order valence-corrected chi connectivity index (χ2v) is 11.6. The van der Waals surface area contributed by atoms with Crippen LogP contribution in [0.4, 0.5) is 5.82 Å². The van der Waals surface area contributed by atoms with Crippen molar-refractivity contribution in [3.8, 4) is 22.8 Å². The van der Waals surface area contributed by atoms with Crippen molar-refractivity contribution < 1.29 is 14.3 Å². The number of ether oxygens (including phenoxy) is 2. The maximum absolute atomic E-state index is 14.0. The van der Waals surface area contributed by atoms with Crippen molar-refractivity contribution >= 4 is 22.9 Å². The summed E-state index contributed by atoms with van der Waals surface area (Å²) in [4.78, 5) is 32.7. The molecule has 7 rings (SSSR count). The smallest absolute Gasteiger partial charge is 0.330 e. The Morgan fingerprint density at radius 2 is 1.29 bits per heavy atom. The Labute approximate surface area is 282 Å². The molecule has 10 heteroatoms. The van der Waals surface area contributed by atoms with E-state index in [9.17, 15) is 9.59 Å². The quantitative estimate of drug-likeness (QED) is 0.172. The molecule has 0 aliphatic rings. The van der Waals surface area contributed by atoms with Gasteiger partial charge in [0.2, 0.25) is 0 Å². The fourth-order valence-electron chi connectivity index (χ4n) is 5.91. The molecule has 0 aliphatic carbocycles. The SMILES string of the molecule is COc1ccc(-c2nn(Cc3ccccc3)cc2C(=O)Nc2ccc3c(n2)n(Cc2ccccc2)c(=O)n3Cc2ccccc2)cc1OC. The third-order valence-electron chi connectivity index (χ3n) is 8.32. The average Bonchev–Trinajstić information content (AvgIpc) is 3.67. The Morgan fingerprint density at radius 1 is 0.694 bits per heavy atom. The van der Waals surface area contributed by atoms with Crippen LogP contribution in [0.2, 0.25) is 0 Å². The van der Waals surface area contributed by atoms with Gasteiger partial charge < -0.3 is 14.8 Å². The number of rotatable bonds is 11. The third kappa shape index (κ3) is 6.57. The Bertz CT molecular complexity index is 2290. The standard InChI is InChI=1S/C39H34N6O4/c1-48-33-20-18-30(22-34(33)49-2)36-31(26-43(42-36)23-27-12-6-3-7-13-27)38(46)41-35-21-19-32-37(40-35)45(25-29-16-10-5-11-17-29)39(47)44(32)24-28-14-8-4-9-15-28/h3-22,26H,23-25H2,1-2H3,(H,40,41,46). The lowest BCUT2D eigenvalue weighted by Gasteiger charge is -2.10. The van der Waals surface area contributed by atoms with Crippen molar-refractivity contribution in [3.05, 3.63) is 160 Å². The van der Waals surface area contributed by atoms with Gasteiger partial charge in [0.25, 0.3) is 5.91 Å². The van der Waals surface area contributed by atoms with E-state index in [4.69, 9.17) is 19.6 Å². The van der Waals surface area contributed by atoms with E-state index in [-0.39, 0.29) is 5.69 Å². The lowest BCUT2D eigenvalue weighted by molar-refractivity contribution is 0.102. The molecule has 1 amide bonds. The molecule has 7 aromatic rings. The summed E-state index contributed by atoms with van der Waals surface area (Å²) < 4.78 is 16.1. The summed E-state index contributed by atoms with van der Waals surface area (Å²) in [6.45, 7) is 1.19. The number of nitrogens with one attached hydrogen (secondary N) is 1. The fourth-order valence-corrected chi connectivity index (χ4v) is 5.91. The number of benzene rings is 4. The number of hydrogen-bond donors (Lipinski definition) is 1. The molecule has 0 radical (unpaired) electrons. The number of anilines is 1. The number of aromatic nitrogens is 5. The van der Waals surface area contributed by atoms with E-state index < -0.39 is 5.91 Å². The van der Waals surface area contributed by atoms with Gasteiger partial charge in [-0.25, -0.2) is 9.78 Å². The number of nitrogens with zero attached hydrogens (tertiary/aromatic N) is 5. The summed E-state index contributed by atoms with van der Waals surface area (Å²) in [7, 11) is 3.14. The Kier molecular flexibility index (Phi) is 8.75. The van der Waals surface area contributed by atoms with Gasteiger partial charge in [-0.2, -0.15) is 5.10 Å². The van der Waals surface area contributed by atoms with Gasteiger partial charge in [0, 0.05) is 11.8 Å². The highest BCUT2D eigenvalue weighted by atomic mass is 16.5. The number of hydrogen-bond acceptors (Lipinski definition) is 6. The molecule has 0 saturated heterocycles. The van der Waals surface area contributed by atoms with Crippen molar-refractivity contribution in [2.75, 3.05) is 19.5 Å². The zero-order valence-electron chi connectivity index (χ0n) is 27.1. The Morgan fingerprint density at radius 3 is 1.90 bits per heavy atom. The van der Waals surface area contributed by atoms with Gasteiger partial charge in [0.1, 0.15) is 11.5 Å². The van der Waals surface area contributed by atoms with E-state index in [0.717, 1.165) is 16.7 Å². The molecule has 0 spiro atoms. The molecule has 0 fully saturated rings. The highest BCUT2D eigenvalue weighted by Crippen LogP contribution is 2.33. The normalized spacial score (nSPS) is 11.1. The van der Waals surface area contributed by atoms with E-state index in [0.29, 0.717) is 64.9 Å². The Hall–Kier alpha value is -6.42. The van der Waals surface area contributed by atoms with E-state index in [1.165, 1.54) is 0 Å². The minimum atomic E-state index is -0.392. The monoisotopic (exact) mass is 650 g/mol. The first-order valence-electron chi connectivity index (χ1n) is 15.8. The first-order valence-corrected chi connectivity index (χ1v) is 15.8. The second kappa shape index (κ2) is 13.7. The van der Waals surface area contributed by atoms with E-state index in [1.54, 1.807) is 52.4 Å². The molecule has 0 saturated carbocycles. The van der Waals surface area contributed by atoms with Crippen LogP contribution in [0.25, 0.3) is 22.4 Å². The van der Waals surface area contributed by atoms with Gasteiger partial charge in [-0.05, 0) is 47.0 Å². The summed E-state index contributed by atoms with van der Waals surface area (Å²) in [6, 6.07) is 38.5. The summed E-state index contributed by atoms with van der Waals surface area (Å²) >= 11 is 0. The predicted octanol–water partition coefficient (Wildman–Crippen LogP) is 6.48. The summed E-state index contributed by atoms with van der Waals surface area (Å²) in [5.74, 6) is 1.01. The van der Waals surface area contributed by atoms with E-state index in [2.05, 4.69) is 5.32 Å². The number of carbonyl (C=O) groups excluding carboxylic acids is 1. The molecule has 3 aromatic heterocycles. The molecule has 0 bridgehead atoms. The van der Waals surface area contributed by atoms with Gasteiger partial charge in [0.15, 0.2) is 17.1 Å². The number of fused-ring (bicyclic) bond motifs is 1. The van der Waals surface area contributed by atoms with Gasteiger partial charge in [-0.15, -0.1) is 0 Å². The second-order valence-electron chi connectivity index (χ2n) is 11.6. The van der Waals surface area contributed by atoms with Gasteiger partial charge in [0.05, 0.1) is 44.9 Å². The minimum Gasteiger partial charge on any atom is -0.493 e. The Balaban J connectivity index is 1.27. The van der Waals surface area contributed by atoms with Gasteiger partial charge >= 0.3 is 5.69 Å². The topological polar surface area (TPSA) is 105 Å². The molecule has 0 atom stereocenters. The van der Waals surface area contributed by atoms with Crippen molar-refractivity contribution in [1.29, 1.82) is 0 Å². The maximum Gasteiger partial charge on any atom is 0.330 e. The van der Waals surface area contributed by atoms with Crippen LogP contribution in [-0.2, 0) is 19.6 Å². The summed E-state index contributed by atoms with van der Waals surface area (Å²) in [6.07, 6.45) is 1.73. The molecule has 1 N–H and O–H groups in total. The van der Waals surface area contributed by atoms with Crippen LogP contribution in [0.5, 0.6) is 11.5 Å². The highest BCUT2D eigenvalue weighted by Gasteiger charge is 2.22. The number of imidazole rings is 1. The number of methoxy groups -OCH3 is 2. The molecule has 244 valence electrons. The lowest BCUT2D eigenvalue weighted by atomic mass is 10.1. The third-order valence-corrected chi connectivity index (χ3v) is 8.32. The lowest BCUT2D eigenvalue weighted by Crippen LogP contribution is -2.25. The van der Waals surface area contributed by atoms with Crippen LogP contribution < -0.4 is 20.5 Å². The zero-order valence-corrected chi connectivity index (χ0v) is 27.1. The van der Waals surface area contributed by atoms with Crippen LogP contribution in [0, 0.1) is 0 Å². The van der Waals surface area contributed by atoms with Crippen molar-refractivity contribution in [3.63, 3.8) is 0 Å². The van der Waals surface area contributed by atoms with Crippen molar-refractivity contribution in [1.82, 2.24) is 23.9 Å². The van der Waals surface area contributed by atoms with E-state index >= 15 is 0 Å². The van der Waals surface area contributed by atoms with Crippen molar-refractivity contribution in [2.45, 2.75) is 19.6 Å². The van der Waals surface area contributed by atoms with E-state index in [1.807, 2.05) is 103 Å². The number of pyridine rings is 1. The number of carbonyl (C=O) groups is 1. The zero-order chi connectivity index (χ0) is 33.7. The first-order chi connectivity index (χ1) is 24.0. The molecule has 0 unspecified atom stereocenters. The minimum absolute atomic E-state index is 0.184. The van der Waals surface area contributed by atoms with Crippen LogP contribution in [0.15, 0.2) is 132 Å². The van der Waals surface area contributed by atoms with Crippen LogP contribution >= 0.6 is 0 Å². The molecule has 10 nitrogen and oxygen atoms in total. The van der Waals surface area contributed by atoms with Gasteiger partial charge in [-0.1, -0.05) is 91.0 Å². The molecule has 3 heterocycles. The van der Waals surface area contributed by atoms with Crippen LogP contribution in [-0.4, -0.2) is 44.0 Å². The van der Waals surface area contributed by atoms with Crippen LogP contribution in [0.1, 0.15) is 27.0 Å².